The summed E-state index contributed by atoms with van der Waals surface area (Å²) in [5.41, 5.74) is 3.98. The van der Waals surface area contributed by atoms with E-state index in [1.54, 1.807) is 0 Å². The monoisotopic (exact) mass is 556 g/mol. The molecule has 0 radical (unpaired) electrons. The second-order valence-corrected chi connectivity index (χ2v) is 11.7. The van der Waals surface area contributed by atoms with Crippen LogP contribution in [0, 0.1) is 30.1 Å². The Morgan fingerprint density at radius 2 is 2.02 bits per heavy atom. The average Bonchev–Trinajstić information content (AvgIpc) is 3.47. The van der Waals surface area contributed by atoms with Gasteiger partial charge in [0.05, 0.1) is 30.9 Å². The molecule has 0 amide bonds. The molecule has 7 nitrogen and oxygen atoms in total. The van der Waals surface area contributed by atoms with Gasteiger partial charge in [0.1, 0.15) is 0 Å². The van der Waals surface area contributed by atoms with Crippen LogP contribution in [0.4, 0.5) is 11.6 Å². The SMILES string of the molecule is C/C=c1/c(N2CCC(C(C)CC)C2)nnc(N[C@H](C)c2cccc(C#N)c2C)/c1=C/C(=C/CC)N1CCOC[C@H]1C. The lowest BCUT2D eigenvalue weighted by Crippen LogP contribution is -2.44. The number of morpholine rings is 1. The van der Waals surface area contributed by atoms with Gasteiger partial charge in [-0.05, 0) is 75.6 Å². The van der Waals surface area contributed by atoms with Crippen LogP contribution < -0.4 is 20.7 Å². The van der Waals surface area contributed by atoms with E-state index in [9.17, 15) is 5.26 Å². The summed E-state index contributed by atoms with van der Waals surface area (Å²) in [6, 6.07) is 8.48. The first-order valence-electron chi connectivity index (χ1n) is 15.4. The highest BCUT2D eigenvalue weighted by molar-refractivity contribution is 5.59. The molecule has 2 fully saturated rings. The molecule has 4 rings (SSSR count). The molecule has 7 heteroatoms. The number of nitrogens with zero attached hydrogens (tertiary/aromatic N) is 5. The van der Waals surface area contributed by atoms with Crippen LogP contribution in [0.2, 0.25) is 0 Å². The topological polar surface area (TPSA) is 77.3 Å². The van der Waals surface area contributed by atoms with Gasteiger partial charge in [-0.15, -0.1) is 10.2 Å². The molecule has 0 bridgehead atoms. The maximum Gasteiger partial charge on any atom is 0.159 e. The Balaban J connectivity index is 1.84. The lowest BCUT2D eigenvalue weighted by atomic mass is 9.91. The lowest BCUT2D eigenvalue weighted by Gasteiger charge is -2.36. The molecule has 0 aliphatic carbocycles. The summed E-state index contributed by atoms with van der Waals surface area (Å²) in [7, 11) is 0. The molecular formula is C34H48N6O. The summed E-state index contributed by atoms with van der Waals surface area (Å²) < 4.78 is 5.76. The van der Waals surface area contributed by atoms with E-state index in [2.05, 4.69) is 87.0 Å². The second-order valence-electron chi connectivity index (χ2n) is 11.7. The Morgan fingerprint density at radius 1 is 1.22 bits per heavy atom. The van der Waals surface area contributed by atoms with Crippen LogP contribution in [0.15, 0.2) is 30.0 Å². The van der Waals surface area contributed by atoms with Crippen molar-refractivity contribution in [1.82, 2.24) is 15.1 Å². The van der Waals surface area contributed by atoms with Crippen molar-refractivity contribution in [3.63, 3.8) is 0 Å². The molecule has 1 aromatic heterocycles. The average molecular weight is 557 g/mol. The number of ether oxygens (including phenoxy) is 1. The van der Waals surface area contributed by atoms with E-state index in [4.69, 9.17) is 14.9 Å². The zero-order chi connectivity index (χ0) is 29.5. The zero-order valence-corrected chi connectivity index (χ0v) is 26.1. The standard InChI is InChI=1S/C34H48N6O/c1-8-12-29(40-17-18-41-22-24(40)5)19-32-30(10-3)34(39-16-15-28(21-39)23(4)9-2)38-37-33(32)36-26(7)31-14-11-13-27(20-35)25(31)6/h10-14,19,23-24,26,28H,8-9,15-18,21-22H2,1-7H3,(H,36,37)/b29-12-,30-10+,32-19+/t23?,24-,26-,28?/m1/s1. The summed E-state index contributed by atoms with van der Waals surface area (Å²) >= 11 is 0. The second kappa shape index (κ2) is 14.0. The van der Waals surface area contributed by atoms with Crippen LogP contribution in [0.3, 0.4) is 0 Å². The minimum Gasteiger partial charge on any atom is -0.377 e. The van der Waals surface area contributed by atoms with Gasteiger partial charge < -0.3 is 19.9 Å². The Bertz CT molecular complexity index is 1390. The van der Waals surface area contributed by atoms with Crippen molar-refractivity contribution in [2.75, 3.05) is 43.1 Å². The highest BCUT2D eigenvalue weighted by Crippen LogP contribution is 2.28. The third-order valence-electron chi connectivity index (χ3n) is 9.01. The van der Waals surface area contributed by atoms with Crippen molar-refractivity contribution >= 4 is 23.8 Å². The van der Waals surface area contributed by atoms with Crippen LogP contribution in [0.25, 0.3) is 12.2 Å². The van der Waals surface area contributed by atoms with Gasteiger partial charge in [0.25, 0.3) is 0 Å². The molecule has 2 saturated heterocycles. The highest BCUT2D eigenvalue weighted by atomic mass is 16.5. The van der Waals surface area contributed by atoms with Crippen LogP contribution in [-0.4, -0.2) is 54.0 Å². The molecule has 2 aromatic rings. The van der Waals surface area contributed by atoms with E-state index in [1.807, 2.05) is 19.1 Å². The van der Waals surface area contributed by atoms with E-state index in [0.29, 0.717) is 23.4 Å². The van der Waals surface area contributed by atoms with Gasteiger partial charge >= 0.3 is 0 Å². The molecule has 1 aromatic carbocycles. The van der Waals surface area contributed by atoms with E-state index < -0.39 is 0 Å². The molecule has 2 unspecified atom stereocenters. The summed E-state index contributed by atoms with van der Waals surface area (Å²) in [5.74, 6) is 3.11. The Kier molecular flexibility index (Phi) is 10.4. The fraction of sp³-hybridized carbons (Fsp3) is 0.559. The molecule has 4 atom stereocenters. The maximum atomic E-state index is 9.60. The van der Waals surface area contributed by atoms with Gasteiger partial charge in [0, 0.05) is 41.8 Å². The van der Waals surface area contributed by atoms with Crippen molar-refractivity contribution in [3.8, 4) is 6.07 Å². The zero-order valence-electron chi connectivity index (χ0n) is 26.1. The smallest absolute Gasteiger partial charge is 0.159 e. The Hall–Kier alpha value is -3.37. The van der Waals surface area contributed by atoms with Crippen molar-refractivity contribution < 1.29 is 4.74 Å². The Labute approximate surface area is 246 Å². The van der Waals surface area contributed by atoms with Gasteiger partial charge in [0.15, 0.2) is 11.6 Å². The van der Waals surface area contributed by atoms with E-state index in [-0.39, 0.29) is 6.04 Å². The quantitative estimate of drug-likeness (QED) is 0.449. The van der Waals surface area contributed by atoms with Gasteiger partial charge in [-0.25, -0.2) is 0 Å². The molecular weight excluding hydrogens is 508 g/mol. The van der Waals surface area contributed by atoms with Crippen LogP contribution >= 0.6 is 0 Å². The fourth-order valence-electron chi connectivity index (χ4n) is 6.25. The third-order valence-corrected chi connectivity index (χ3v) is 9.01. The van der Waals surface area contributed by atoms with Crippen molar-refractivity contribution in [2.24, 2.45) is 11.8 Å². The van der Waals surface area contributed by atoms with Crippen LogP contribution in [-0.2, 0) is 4.74 Å². The number of nitrogens with one attached hydrogen (secondary N) is 1. The van der Waals surface area contributed by atoms with Gasteiger partial charge in [-0.2, -0.15) is 5.26 Å². The number of hydrogen-bond acceptors (Lipinski definition) is 7. The van der Waals surface area contributed by atoms with Crippen molar-refractivity contribution in [2.45, 2.75) is 79.8 Å². The maximum absolute atomic E-state index is 9.60. The first kappa shape index (κ1) is 30.6. The summed E-state index contributed by atoms with van der Waals surface area (Å²) in [6.45, 7) is 19.7. The first-order valence-corrected chi connectivity index (χ1v) is 15.4. The summed E-state index contributed by atoms with van der Waals surface area (Å²) in [4.78, 5) is 4.89. The third kappa shape index (κ3) is 6.76. The van der Waals surface area contributed by atoms with E-state index in [0.717, 1.165) is 72.5 Å². The molecule has 220 valence electrons. The number of rotatable bonds is 9. The minimum atomic E-state index is -0.0530. The largest absolute Gasteiger partial charge is 0.377 e. The van der Waals surface area contributed by atoms with E-state index >= 15 is 0 Å². The molecule has 2 aliphatic heterocycles. The normalized spacial score (nSPS) is 22.1. The summed E-state index contributed by atoms with van der Waals surface area (Å²) in [6.07, 6.45) is 10.1. The van der Waals surface area contributed by atoms with Crippen molar-refractivity contribution in [3.05, 3.63) is 57.1 Å². The van der Waals surface area contributed by atoms with E-state index in [1.165, 1.54) is 18.5 Å². The molecule has 1 N–H and O–H groups in total. The minimum absolute atomic E-state index is 0.0530. The molecule has 3 heterocycles. The van der Waals surface area contributed by atoms with Gasteiger partial charge in [-0.1, -0.05) is 51.5 Å². The van der Waals surface area contributed by atoms with Gasteiger partial charge in [-0.3, -0.25) is 0 Å². The lowest BCUT2D eigenvalue weighted by molar-refractivity contribution is 0.0196. The molecule has 0 saturated carbocycles. The highest BCUT2D eigenvalue weighted by Gasteiger charge is 2.28. The number of aromatic nitrogens is 2. The predicted octanol–water partition coefficient (Wildman–Crippen LogP) is 5.30. The number of nitriles is 1. The summed E-state index contributed by atoms with van der Waals surface area (Å²) in [5, 5.41) is 25.2. The predicted molar refractivity (Wildman–Crippen MR) is 169 cm³/mol. The molecule has 41 heavy (non-hydrogen) atoms. The van der Waals surface area contributed by atoms with Gasteiger partial charge in [0.2, 0.25) is 0 Å². The number of anilines is 2. The molecule has 0 spiro atoms. The number of benzene rings is 1. The first-order chi connectivity index (χ1) is 19.8. The Morgan fingerprint density at radius 3 is 2.71 bits per heavy atom. The van der Waals surface area contributed by atoms with Crippen molar-refractivity contribution in [1.29, 1.82) is 5.26 Å². The van der Waals surface area contributed by atoms with Crippen LogP contribution in [0.5, 0.6) is 0 Å². The number of allylic oxidation sites excluding steroid dienone is 2. The fourth-order valence-corrected chi connectivity index (χ4v) is 6.25. The molecule has 2 aliphatic rings. The number of hydrogen-bond donors (Lipinski definition) is 1. The van der Waals surface area contributed by atoms with Crippen LogP contribution in [0.1, 0.15) is 83.5 Å².